The summed E-state index contributed by atoms with van der Waals surface area (Å²) in [7, 11) is 4.32. The molecule has 1 N–H and O–H groups in total. The first-order valence-electron chi connectivity index (χ1n) is 21.9. The highest BCUT2D eigenvalue weighted by atomic mass is 35.5. The summed E-state index contributed by atoms with van der Waals surface area (Å²) in [5.74, 6) is 1.52. The van der Waals surface area contributed by atoms with Crippen molar-refractivity contribution in [3.63, 3.8) is 0 Å². The van der Waals surface area contributed by atoms with Crippen LogP contribution in [0.3, 0.4) is 0 Å². The molecule has 0 amide bonds. The van der Waals surface area contributed by atoms with Gasteiger partial charge in [-0.25, -0.2) is 0 Å². The molecule has 3 fully saturated rings. The molecule has 6 aliphatic rings. The summed E-state index contributed by atoms with van der Waals surface area (Å²) in [4.78, 5) is 30.9. The number of hydrogen-bond acceptors (Lipinski definition) is 4. The first-order valence-corrected chi connectivity index (χ1v) is 22.3. The van der Waals surface area contributed by atoms with Crippen molar-refractivity contribution in [3.05, 3.63) is 69.3 Å². The van der Waals surface area contributed by atoms with Gasteiger partial charge in [-0.2, -0.15) is 0 Å². The molecule has 0 radical (unpaired) electrons. The number of nitrogens with zero attached hydrogens (tertiary/aromatic N) is 2. The predicted octanol–water partition coefficient (Wildman–Crippen LogP) is 11.4. The zero-order valence-corrected chi connectivity index (χ0v) is 36.5. The molecule has 0 heterocycles. The summed E-state index contributed by atoms with van der Waals surface area (Å²) in [6.45, 7) is 21.5. The number of fused-ring (bicyclic) bond motifs is 7. The number of ketones is 1. The van der Waals surface area contributed by atoms with Crippen molar-refractivity contribution in [1.82, 2.24) is 9.80 Å². The van der Waals surface area contributed by atoms with Gasteiger partial charge < -0.3 is 10.0 Å². The Morgan fingerprint density at radius 2 is 1.62 bits per heavy atom. The Balaban J connectivity index is 1.18. The van der Waals surface area contributed by atoms with E-state index in [1.54, 1.807) is 5.57 Å². The zero-order valence-electron chi connectivity index (χ0n) is 35.7. The van der Waals surface area contributed by atoms with Gasteiger partial charge in [0.25, 0.3) is 0 Å². The minimum Gasteiger partial charge on any atom is -0.481 e. The van der Waals surface area contributed by atoms with Gasteiger partial charge in [-0.1, -0.05) is 89.9 Å². The lowest BCUT2D eigenvalue weighted by molar-refractivity contribution is -0.199. The average Bonchev–Trinajstić information content (AvgIpc) is 3.42. The van der Waals surface area contributed by atoms with E-state index in [-0.39, 0.29) is 38.9 Å². The maximum absolute atomic E-state index is 14.3. The lowest BCUT2D eigenvalue weighted by atomic mass is 9.33. The fourth-order valence-corrected chi connectivity index (χ4v) is 14.5. The molecular formula is C49H71ClN2O3. The van der Waals surface area contributed by atoms with Crippen LogP contribution in [-0.4, -0.2) is 60.4 Å². The molecule has 6 aliphatic carbocycles. The second kappa shape index (κ2) is 14.9. The van der Waals surface area contributed by atoms with Gasteiger partial charge in [-0.05, 0) is 171 Å². The fraction of sp³-hybridized carbons (Fsp3) is 0.714. The lowest BCUT2D eigenvalue weighted by Crippen LogP contribution is -2.64. The van der Waals surface area contributed by atoms with Crippen LogP contribution in [-0.2, 0) is 16.1 Å². The minimum absolute atomic E-state index is 0.0284. The van der Waals surface area contributed by atoms with Gasteiger partial charge in [0.05, 0.1) is 5.92 Å². The number of carbonyl (C=O) groups excluding carboxylic acids is 1. The van der Waals surface area contributed by atoms with Crippen LogP contribution in [0.4, 0.5) is 0 Å². The van der Waals surface area contributed by atoms with Crippen molar-refractivity contribution >= 4 is 23.4 Å². The van der Waals surface area contributed by atoms with E-state index in [1.807, 2.05) is 12.1 Å². The Morgan fingerprint density at radius 3 is 2.25 bits per heavy atom. The number of hydrogen-bond donors (Lipinski definition) is 1. The molecule has 5 nitrogen and oxygen atoms in total. The maximum atomic E-state index is 14.3. The summed E-state index contributed by atoms with van der Waals surface area (Å²) in [5, 5.41) is 10.4. The summed E-state index contributed by atoms with van der Waals surface area (Å²) in [5.41, 5.74) is 7.65. The minimum atomic E-state index is -0.648. The highest BCUT2D eigenvalue weighted by Gasteiger charge is 2.69. The molecular weight excluding hydrogens is 700 g/mol. The van der Waals surface area contributed by atoms with Gasteiger partial charge in [0, 0.05) is 36.5 Å². The van der Waals surface area contributed by atoms with Crippen LogP contribution in [0.15, 0.2) is 58.7 Å². The third-order valence-corrected chi connectivity index (χ3v) is 17.6. The number of likely N-dealkylation sites (N-methyl/N-ethyl adjacent to an activating group) is 1. The SMILES string of the molecule is CC(C)C1=C2[C@H]3CC[C@@H]4[C@@]5(C)CC=C(C6=CCC(C(=O)O)CC6)C(C)(C)[C@@H]5CC[C@@]4(C)[C@]3(C)CC[C@@]2(CCN(CCN(C)C)Cc2ccc(Cl)cc2)CC1=O. The summed E-state index contributed by atoms with van der Waals surface area (Å²) < 4.78 is 0. The molecule has 0 spiro atoms. The smallest absolute Gasteiger partial charge is 0.306 e. The second-order valence-corrected chi connectivity index (χ2v) is 21.5. The van der Waals surface area contributed by atoms with Crippen molar-refractivity contribution in [1.29, 1.82) is 0 Å². The Labute approximate surface area is 338 Å². The topological polar surface area (TPSA) is 60.9 Å². The largest absolute Gasteiger partial charge is 0.481 e. The number of aliphatic carboxylic acids is 1. The van der Waals surface area contributed by atoms with E-state index in [9.17, 15) is 14.7 Å². The van der Waals surface area contributed by atoms with Gasteiger partial charge in [-0.15, -0.1) is 0 Å². The summed E-state index contributed by atoms with van der Waals surface area (Å²) >= 11 is 6.27. The maximum Gasteiger partial charge on any atom is 0.306 e. The van der Waals surface area contributed by atoms with Gasteiger partial charge >= 0.3 is 5.97 Å². The summed E-state index contributed by atoms with van der Waals surface area (Å²) in [6.07, 6.45) is 17.4. The van der Waals surface area contributed by atoms with Crippen molar-refractivity contribution in [2.45, 2.75) is 132 Å². The van der Waals surface area contributed by atoms with Crippen molar-refractivity contribution < 1.29 is 14.7 Å². The highest BCUT2D eigenvalue weighted by Crippen LogP contribution is 2.77. The molecule has 0 aliphatic heterocycles. The number of carboxylic acid groups (broad SMARTS) is 1. The number of Topliss-reactive ketones (excluding diaryl/α,β-unsaturated/α-hetero) is 1. The molecule has 0 bridgehead atoms. The molecule has 1 unspecified atom stereocenters. The van der Waals surface area contributed by atoms with E-state index < -0.39 is 5.97 Å². The molecule has 6 heteroatoms. The first-order chi connectivity index (χ1) is 25.9. The Morgan fingerprint density at radius 1 is 0.891 bits per heavy atom. The number of rotatable bonds is 11. The van der Waals surface area contributed by atoms with E-state index in [0.717, 1.165) is 63.3 Å². The van der Waals surface area contributed by atoms with Crippen molar-refractivity contribution in [2.24, 2.45) is 56.7 Å². The molecule has 8 atom stereocenters. The van der Waals surface area contributed by atoms with Crippen LogP contribution in [0.5, 0.6) is 0 Å². The molecule has 7 rings (SSSR count). The monoisotopic (exact) mass is 771 g/mol. The van der Waals surface area contributed by atoms with Gasteiger partial charge in [0.2, 0.25) is 0 Å². The normalized spacial score (nSPS) is 37.0. The standard InChI is InChI=1S/C49H71ClN2O3/c1-32(2)42-39(53)30-49(26-27-52(29-28-51(8)9)31-33-10-16-36(50)17-11-33)25-24-47(6)38(43(42)49)18-19-41-46(5)22-20-37(34-12-14-35(15-13-34)44(54)55)45(3,4)40(46)21-23-48(41,47)7/h10-12,16-17,20,32,35,38,40-41H,13-15,18-19,21-31H2,1-9H3,(H,54,55)/t35?,38-,40+,41-,46+,47-,48-,49-/m1/s1. The number of carbonyl (C=O) groups is 2. The second-order valence-electron chi connectivity index (χ2n) is 21.0. The van der Waals surface area contributed by atoms with Crippen molar-refractivity contribution in [3.8, 4) is 0 Å². The Kier molecular flexibility index (Phi) is 11.1. The van der Waals surface area contributed by atoms with E-state index in [1.165, 1.54) is 54.4 Å². The molecule has 55 heavy (non-hydrogen) atoms. The quantitative estimate of drug-likeness (QED) is 0.243. The number of halogens is 1. The van der Waals surface area contributed by atoms with Crippen LogP contribution in [0.1, 0.15) is 131 Å². The van der Waals surface area contributed by atoms with Crippen LogP contribution in [0.25, 0.3) is 0 Å². The third kappa shape index (κ3) is 6.86. The van der Waals surface area contributed by atoms with Gasteiger partial charge in [0.1, 0.15) is 0 Å². The molecule has 0 saturated heterocycles. The van der Waals surface area contributed by atoms with Crippen LogP contribution in [0.2, 0.25) is 5.02 Å². The number of allylic oxidation sites excluding steroid dienone is 6. The fourth-order valence-electron chi connectivity index (χ4n) is 14.3. The number of carboxylic acids is 1. The van der Waals surface area contributed by atoms with Crippen LogP contribution >= 0.6 is 11.6 Å². The third-order valence-electron chi connectivity index (χ3n) is 17.3. The molecule has 3 saturated carbocycles. The van der Waals surface area contributed by atoms with E-state index in [2.05, 4.69) is 96.6 Å². The van der Waals surface area contributed by atoms with E-state index in [4.69, 9.17) is 11.6 Å². The molecule has 0 aromatic heterocycles. The van der Waals surface area contributed by atoms with Gasteiger partial charge in [-0.3, -0.25) is 14.5 Å². The Bertz CT molecular complexity index is 1750. The predicted molar refractivity (Wildman–Crippen MR) is 226 cm³/mol. The summed E-state index contributed by atoms with van der Waals surface area (Å²) in [6, 6.07) is 8.35. The lowest BCUT2D eigenvalue weighted by Gasteiger charge is -2.71. The van der Waals surface area contributed by atoms with E-state index >= 15 is 0 Å². The van der Waals surface area contributed by atoms with Crippen LogP contribution in [0, 0.1) is 56.7 Å². The average molecular weight is 772 g/mol. The first kappa shape index (κ1) is 41.0. The molecule has 302 valence electrons. The van der Waals surface area contributed by atoms with E-state index in [0.29, 0.717) is 36.4 Å². The molecule has 1 aromatic carbocycles. The van der Waals surface area contributed by atoms with Crippen LogP contribution < -0.4 is 0 Å². The molecule has 1 aromatic rings. The van der Waals surface area contributed by atoms with Crippen molar-refractivity contribution in [2.75, 3.05) is 33.7 Å². The highest BCUT2D eigenvalue weighted by molar-refractivity contribution is 6.30. The van der Waals surface area contributed by atoms with Gasteiger partial charge in [0.15, 0.2) is 5.78 Å². The zero-order chi connectivity index (χ0) is 39.7. The number of benzene rings is 1. The Hall–Kier alpha value is -2.21.